The van der Waals surface area contributed by atoms with Crippen LogP contribution < -0.4 is 16.0 Å². The quantitative estimate of drug-likeness (QED) is 0.385. The van der Waals surface area contributed by atoms with Gasteiger partial charge in [0.25, 0.3) is 0 Å². The molecule has 1 unspecified atom stereocenters. The molecule has 1 aromatic carbocycles. The number of nitrogens with one attached hydrogen (secondary N) is 1. The Bertz CT molecular complexity index is 1440. The highest BCUT2D eigenvalue weighted by Crippen LogP contribution is 2.34. The molecular weight excluding hydrogens is 532 g/mol. The molecule has 6 rings (SSSR count). The van der Waals surface area contributed by atoms with Crippen LogP contribution in [0.5, 0.6) is 0 Å². The summed E-state index contributed by atoms with van der Waals surface area (Å²) in [5.41, 5.74) is 11.7. The van der Waals surface area contributed by atoms with E-state index in [4.69, 9.17) is 25.4 Å². The molecule has 0 spiro atoms. The summed E-state index contributed by atoms with van der Waals surface area (Å²) in [4.78, 5) is 25.3. The lowest BCUT2D eigenvalue weighted by Crippen LogP contribution is -2.39. The van der Waals surface area contributed by atoms with Crippen LogP contribution in [0.15, 0.2) is 64.5 Å². The Balaban J connectivity index is 1.25. The van der Waals surface area contributed by atoms with Crippen molar-refractivity contribution in [3.05, 3.63) is 59.5 Å². The highest BCUT2D eigenvalue weighted by atomic mass is 79.9. The fourth-order valence-corrected chi connectivity index (χ4v) is 5.20. The summed E-state index contributed by atoms with van der Waals surface area (Å²) < 4.78 is 6.71. The van der Waals surface area contributed by atoms with E-state index in [2.05, 4.69) is 54.3 Å². The lowest BCUT2D eigenvalue weighted by Gasteiger charge is -2.30. The number of nitrogens with two attached hydrogens (primary N) is 1. The van der Waals surface area contributed by atoms with E-state index in [9.17, 15) is 0 Å². The third-order valence-corrected chi connectivity index (χ3v) is 7.21. The smallest absolute Gasteiger partial charge is 0.165 e. The van der Waals surface area contributed by atoms with Crippen LogP contribution in [0, 0.1) is 0 Å². The summed E-state index contributed by atoms with van der Waals surface area (Å²) in [6.07, 6.45) is 5.12. The molecule has 0 bridgehead atoms. The van der Waals surface area contributed by atoms with Crippen LogP contribution in [0.4, 0.5) is 11.6 Å². The van der Waals surface area contributed by atoms with Gasteiger partial charge in [0.2, 0.25) is 0 Å². The van der Waals surface area contributed by atoms with Crippen molar-refractivity contribution in [2.75, 3.05) is 43.4 Å². The van der Waals surface area contributed by atoms with Crippen LogP contribution in [-0.2, 0) is 4.74 Å². The summed E-state index contributed by atoms with van der Waals surface area (Å²) >= 11 is 3.57. The molecule has 10 heteroatoms. The first-order valence-corrected chi connectivity index (χ1v) is 13.2. The number of ether oxygens (including phenoxy) is 1. The van der Waals surface area contributed by atoms with E-state index in [1.165, 1.54) is 12.0 Å². The molecular formula is C27H27BrN8O. The van der Waals surface area contributed by atoms with E-state index in [0.29, 0.717) is 11.5 Å². The highest BCUT2D eigenvalue weighted by molar-refractivity contribution is 9.10. The van der Waals surface area contributed by atoms with Crippen molar-refractivity contribution in [2.45, 2.75) is 19.1 Å². The summed E-state index contributed by atoms with van der Waals surface area (Å²) in [5, 5.41) is 4.08. The Labute approximate surface area is 223 Å². The molecule has 2 aliphatic heterocycles. The number of fused-ring (bicyclic) bond motifs is 1. The molecule has 0 aliphatic carbocycles. The zero-order valence-corrected chi connectivity index (χ0v) is 21.9. The van der Waals surface area contributed by atoms with Gasteiger partial charge in [0.1, 0.15) is 18.0 Å². The summed E-state index contributed by atoms with van der Waals surface area (Å²) in [6, 6.07) is 14.2. The molecule has 0 saturated carbocycles. The number of nitrogen functional groups attached to an aromatic ring is 1. The number of pyridine rings is 2. The molecule has 188 valence electrons. The second-order valence-electron chi connectivity index (χ2n) is 9.14. The number of benzene rings is 1. The number of nitrogens with zero attached hydrogens (tertiary/aromatic N) is 6. The van der Waals surface area contributed by atoms with Gasteiger partial charge in [0.15, 0.2) is 11.9 Å². The first kappa shape index (κ1) is 23.9. The maximum Gasteiger partial charge on any atom is 0.165 e. The second-order valence-corrected chi connectivity index (χ2v) is 10.1. The third-order valence-electron chi connectivity index (χ3n) is 6.71. The highest BCUT2D eigenvalue weighted by Gasteiger charge is 2.20. The maximum atomic E-state index is 6.25. The Morgan fingerprint density at radius 1 is 1.05 bits per heavy atom. The number of hydrogen-bond donors (Lipinski definition) is 2. The minimum atomic E-state index is -0.0512. The average molecular weight is 559 g/mol. The number of rotatable bonds is 4. The molecule has 0 radical (unpaired) electrons. The predicted octanol–water partition coefficient (Wildman–Crippen LogP) is 4.09. The molecule has 3 N–H and O–H groups in total. The van der Waals surface area contributed by atoms with Gasteiger partial charge in [-0.3, -0.25) is 4.99 Å². The van der Waals surface area contributed by atoms with Crippen molar-refractivity contribution in [1.29, 1.82) is 0 Å². The molecule has 2 saturated heterocycles. The molecule has 2 aliphatic rings. The van der Waals surface area contributed by atoms with Gasteiger partial charge in [-0.1, -0.05) is 28.1 Å². The van der Waals surface area contributed by atoms with Crippen molar-refractivity contribution < 1.29 is 4.74 Å². The maximum absolute atomic E-state index is 6.25. The van der Waals surface area contributed by atoms with E-state index in [-0.39, 0.29) is 6.23 Å². The molecule has 2 fully saturated rings. The number of aliphatic imine (C=N–C) groups is 1. The van der Waals surface area contributed by atoms with Crippen LogP contribution >= 0.6 is 15.9 Å². The van der Waals surface area contributed by atoms with Gasteiger partial charge in [0.05, 0.1) is 17.7 Å². The van der Waals surface area contributed by atoms with Crippen LogP contribution in [-0.4, -0.2) is 64.7 Å². The molecule has 1 atom stereocenters. The van der Waals surface area contributed by atoms with Gasteiger partial charge in [-0.2, -0.15) is 0 Å². The lowest BCUT2D eigenvalue weighted by atomic mass is 10.0. The fraction of sp³-hybridized carbons (Fsp3) is 0.296. The van der Waals surface area contributed by atoms with Gasteiger partial charge in [0, 0.05) is 61.0 Å². The van der Waals surface area contributed by atoms with Crippen LogP contribution in [0.25, 0.3) is 33.4 Å². The van der Waals surface area contributed by atoms with E-state index in [1.807, 2.05) is 30.5 Å². The topological polar surface area (TPSA) is 114 Å². The second kappa shape index (κ2) is 10.5. The van der Waals surface area contributed by atoms with Gasteiger partial charge in [-0.15, -0.1) is 0 Å². The van der Waals surface area contributed by atoms with E-state index < -0.39 is 0 Å². The average Bonchev–Trinajstić information content (AvgIpc) is 2.94. The zero-order chi connectivity index (χ0) is 25.2. The van der Waals surface area contributed by atoms with Crippen molar-refractivity contribution >= 4 is 44.3 Å². The first-order valence-electron chi connectivity index (χ1n) is 12.4. The largest absolute Gasteiger partial charge is 0.383 e. The van der Waals surface area contributed by atoms with E-state index >= 15 is 0 Å². The normalized spacial score (nSPS) is 18.2. The van der Waals surface area contributed by atoms with Crippen molar-refractivity contribution in [2.24, 2.45) is 4.99 Å². The molecule has 0 amide bonds. The summed E-state index contributed by atoms with van der Waals surface area (Å²) in [7, 11) is 0. The van der Waals surface area contributed by atoms with Crippen LogP contribution in [0.1, 0.15) is 12.8 Å². The third kappa shape index (κ3) is 5.18. The van der Waals surface area contributed by atoms with Crippen LogP contribution in [0.3, 0.4) is 0 Å². The lowest BCUT2D eigenvalue weighted by molar-refractivity contribution is 0.0345. The van der Waals surface area contributed by atoms with Crippen molar-refractivity contribution in [1.82, 2.24) is 25.3 Å². The SMILES string of the molecule is Nc1ncnc2nc(-c3ccc(N4CCC(=NC5CNCCO5)CC4)nc3)cc(-c3cccc(Br)c3)c12. The van der Waals surface area contributed by atoms with Crippen LogP contribution in [0.2, 0.25) is 0 Å². The monoisotopic (exact) mass is 558 g/mol. The van der Waals surface area contributed by atoms with Gasteiger partial charge in [-0.05, 0) is 41.5 Å². The number of halogens is 1. The molecule has 9 nitrogen and oxygen atoms in total. The standard InChI is InChI=1S/C27H27BrN8O/c28-19-3-1-2-17(12-19)21-13-22(35-27-25(21)26(29)32-16-33-27)18-4-5-23(31-14-18)36-9-6-20(7-10-36)34-24-15-30-8-11-37-24/h1-5,12-14,16,24,30H,6-11,15H2,(H2,29,32,33,35). The first-order chi connectivity index (χ1) is 18.1. The number of hydrogen-bond acceptors (Lipinski definition) is 9. The minimum Gasteiger partial charge on any atom is -0.383 e. The van der Waals surface area contributed by atoms with Crippen molar-refractivity contribution in [3.8, 4) is 22.4 Å². The number of morpholine rings is 1. The fourth-order valence-electron chi connectivity index (χ4n) is 4.81. The number of aromatic nitrogens is 4. The Morgan fingerprint density at radius 3 is 2.70 bits per heavy atom. The predicted molar refractivity (Wildman–Crippen MR) is 150 cm³/mol. The van der Waals surface area contributed by atoms with Gasteiger partial charge >= 0.3 is 0 Å². The zero-order valence-electron chi connectivity index (χ0n) is 20.3. The number of anilines is 2. The van der Waals surface area contributed by atoms with Gasteiger partial charge in [-0.25, -0.2) is 19.9 Å². The number of piperidine rings is 1. The summed E-state index contributed by atoms with van der Waals surface area (Å²) in [6.45, 7) is 4.20. The molecule has 5 heterocycles. The molecule has 3 aromatic heterocycles. The Kier molecular flexibility index (Phi) is 6.77. The van der Waals surface area contributed by atoms with Crippen molar-refractivity contribution in [3.63, 3.8) is 0 Å². The van der Waals surface area contributed by atoms with E-state index in [1.54, 1.807) is 0 Å². The minimum absolute atomic E-state index is 0.0512. The Hall–Kier alpha value is -3.47. The Morgan fingerprint density at radius 2 is 1.95 bits per heavy atom. The molecule has 4 aromatic rings. The van der Waals surface area contributed by atoms with Gasteiger partial charge < -0.3 is 20.7 Å². The molecule has 37 heavy (non-hydrogen) atoms. The van der Waals surface area contributed by atoms with E-state index in [0.717, 1.165) is 83.7 Å². The summed E-state index contributed by atoms with van der Waals surface area (Å²) in [5.74, 6) is 1.37.